The lowest BCUT2D eigenvalue weighted by Gasteiger charge is -2.13. The predicted octanol–water partition coefficient (Wildman–Crippen LogP) is 0.744. The Balaban J connectivity index is 2.16. The summed E-state index contributed by atoms with van der Waals surface area (Å²) in [6.45, 7) is 4.88. The van der Waals surface area contributed by atoms with E-state index in [1.807, 2.05) is 13.8 Å². The Kier molecular flexibility index (Phi) is 5.41. The highest BCUT2D eigenvalue weighted by Gasteiger charge is 2.36. The minimum Gasteiger partial charge on any atom is -0.480 e. The van der Waals surface area contributed by atoms with Crippen LogP contribution >= 0.6 is 0 Å². The minimum atomic E-state index is -0.916. The van der Waals surface area contributed by atoms with Crippen LogP contribution in [0.2, 0.25) is 0 Å². The third-order valence-electron chi connectivity index (χ3n) is 2.81. The first-order valence-corrected chi connectivity index (χ1v) is 6.26. The molecule has 1 amide bonds. The lowest BCUT2D eigenvalue weighted by Crippen LogP contribution is -2.42. The molecule has 17 heavy (non-hydrogen) atoms. The van der Waals surface area contributed by atoms with Crippen LogP contribution in [0.5, 0.6) is 0 Å². The summed E-state index contributed by atoms with van der Waals surface area (Å²) >= 11 is 0. The molecule has 0 spiro atoms. The van der Waals surface area contributed by atoms with E-state index in [1.54, 1.807) is 0 Å². The molecule has 1 aliphatic rings. The van der Waals surface area contributed by atoms with E-state index in [1.165, 1.54) is 0 Å². The van der Waals surface area contributed by atoms with Crippen molar-refractivity contribution in [2.24, 2.45) is 5.92 Å². The van der Waals surface area contributed by atoms with Gasteiger partial charge in [0, 0.05) is 12.5 Å². The van der Waals surface area contributed by atoms with Crippen molar-refractivity contribution in [1.29, 1.82) is 0 Å². The van der Waals surface area contributed by atoms with Gasteiger partial charge in [0.25, 0.3) is 0 Å². The summed E-state index contributed by atoms with van der Waals surface area (Å²) in [5.41, 5.74) is 0. The van der Waals surface area contributed by atoms with Crippen molar-refractivity contribution in [1.82, 2.24) is 10.6 Å². The molecule has 0 radical (unpaired) electrons. The maximum atomic E-state index is 11.5. The number of nitrogens with one attached hydrogen (secondary N) is 2. The number of carbonyl (C=O) groups excluding carboxylic acids is 1. The fourth-order valence-corrected chi connectivity index (χ4v) is 1.70. The molecule has 1 unspecified atom stereocenters. The summed E-state index contributed by atoms with van der Waals surface area (Å²) in [7, 11) is 0. The Bertz CT molecular complexity index is 275. The third kappa shape index (κ3) is 5.68. The molecule has 1 rings (SSSR count). The van der Waals surface area contributed by atoms with Crippen LogP contribution in [0.25, 0.3) is 0 Å². The van der Waals surface area contributed by atoms with Crippen LogP contribution in [-0.2, 0) is 9.59 Å². The lowest BCUT2D eigenvalue weighted by atomic mass is 10.1. The molecule has 98 valence electrons. The molecule has 0 saturated heterocycles. The number of carbonyl (C=O) groups is 2. The van der Waals surface area contributed by atoms with Crippen molar-refractivity contribution >= 4 is 11.9 Å². The molecule has 5 nitrogen and oxygen atoms in total. The first-order chi connectivity index (χ1) is 8.00. The van der Waals surface area contributed by atoms with E-state index < -0.39 is 12.0 Å². The lowest BCUT2D eigenvalue weighted by molar-refractivity contribution is -0.142. The molecule has 0 aliphatic heterocycles. The fourth-order valence-electron chi connectivity index (χ4n) is 1.70. The summed E-state index contributed by atoms with van der Waals surface area (Å²) in [6, 6.07) is -0.267. The average Bonchev–Trinajstić information content (AvgIpc) is 3.04. The minimum absolute atomic E-state index is 0.144. The van der Waals surface area contributed by atoms with Gasteiger partial charge in [-0.3, -0.25) is 4.79 Å². The van der Waals surface area contributed by atoms with Gasteiger partial charge in [0.1, 0.15) is 6.04 Å². The van der Waals surface area contributed by atoms with Crippen molar-refractivity contribution in [3.63, 3.8) is 0 Å². The van der Waals surface area contributed by atoms with Gasteiger partial charge in [-0.2, -0.15) is 0 Å². The van der Waals surface area contributed by atoms with Crippen molar-refractivity contribution < 1.29 is 14.7 Å². The number of aliphatic carboxylic acids is 1. The monoisotopic (exact) mass is 242 g/mol. The first kappa shape index (κ1) is 14.0. The van der Waals surface area contributed by atoms with Crippen molar-refractivity contribution in [3.8, 4) is 0 Å². The van der Waals surface area contributed by atoms with Crippen LogP contribution in [0.4, 0.5) is 0 Å². The van der Waals surface area contributed by atoms with Gasteiger partial charge in [0.05, 0.1) is 0 Å². The van der Waals surface area contributed by atoms with E-state index in [0.717, 1.165) is 25.8 Å². The number of hydrogen-bond donors (Lipinski definition) is 3. The van der Waals surface area contributed by atoms with Gasteiger partial charge in [-0.1, -0.05) is 13.8 Å². The van der Waals surface area contributed by atoms with Gasteiger partial charge in [-0.05, 0) is 31.7 Å². The summed E-state index contributed by atoms with van der Waals surface area (Å²) < 4.78 is 0. The third-order valence-corrected chi connectivity index (χ3v) is 2.81. The molecule has 0 aromatic heterocycles. The molecule has 0 aromatic carbocycles. The Hall–Kier alpha value is -1.10. The highest BCUT2D eigenvalue weighted by molar-refractivity contribution is 5.83. The van der Waals surface area contributed by atoms with Crippen LogP contribution in [-0.4, -0.2) is 35.6 Å². The zero-order valence-corrected chi connectivity index (χ0v) is 10.5. The summed E-state index contributed by atoms with van der Waals surface area (Å²) in [4.78, 5) is 22.4. The Labute approximate surface area is 102 Å². The van der Waals surface area contributed by atoms with Crippen molar-refractivity contribution in [2.45, 2.75) is 51.6 Å². The Morgan fingerprint density at radius 3 is 2.47 bits per heavy atom. The maximum Gasteiger partial charge on any atom is 0.326 e. The van der Waals surface area contributed by atoms with Gasteiger partial charge in [0.15, 0.2) is 0 Å². The second-order valence-corrected chi connectivity index (χ2v) is 4.93. The second kappa shape index (κ2) is 6.59. The first-order valence-electron chi connectivity index (χ1n) is 6.26. The molecule has 5 heteroatoms. The highest BCUT2D eigenvalue weighted by atomic mass is 16.4. The van der Waals surface area contributed by atoms with Gasteiger partial charge in [0.2, 0.25) is 5.91 Å². The average molecular weight is 242 g/mol. The highest BCUT2D eigenvalue weighted by Crippen LogP contribution is 2.32. The largest absolute Gasteiger partial charge is 0.480 e. The number of amides is 1. The van der Waals surface area contributed by atoms with E-state index in [9.17, 15) is 9.59 Å². The van der Waals surface area contributed by atoms with Crippen LogP contribution in [0.1, 0.15) is 39.5 Å². The van der Waals surface area contributed by atoms with Crippen molar-refractivity contribution in [2.75, 3.05) is 6.54 Å². The smallest absolute Gasteiger partial charge is 0.326 e. The SMILES string of the molecule is CC(C)NCCCC(=O)NC(C(=O)O)C1CC1. The van der Waals surface area contributed by atoms with Crippen LogP contribution in [0.15, 0.2) is 0 Å². The Morgan fingerprint density at radius 2 is 2.00 bits per heavy atom. The summed E-state index contributed by atoms with van der Waals surface area (Å²) in [6.07, 6.45) is 2.94. The van der Waals surface area contributed by atoms with E-state index in [2.05, 4.69) is 10.6 Å². The molecule has 1 aliphatic carbocycles. The summed E-state index contributed by atoms with van der Waals surface area (Å²) in [5.74, 6) is -0.929. The standard InChI is InChI=1S/C12H22N2O3/c1-8(2)13-7-3-4-10(15)14-11(12(16)17)9-5-6-9/h8-9,11,13H,3-7H2,1-2H3,(H,14,15)(H,16,17). The van der Waals surface area contributed by atoms with Gasteiger partial charge >= 0.3 is 5.97 Å². The van der Waals surface area contributed by atoms with E-state index in [-0.39, 0.29) is 11.8 Å². The van der Waals surface area contributed by atoms with E-state index >= 15 is 0 Å². The molecular formula is C12H22N2O3. The number of carboxylic acid groups (broad SMARTS) is 1. The molecule has 3 N–H and O–H groups in total. The quantitative estimate of drug-likeness (QED) is 0.549. The van der Waals surface area contributed by atoms with Gasteiger partial charge < -0.3 is 15.7 Å². The van der Waals surface area contributed by atoms with Gasteiger partial charge in [-0.15, -0.1) is 0 Å². The number of rotatable bonds is 8. The van der Waals surface area contributed by atoms with E-state index in [4.69, 9.17) is 5.11 Å². The zero-order chi connectivity index (χ0) is 12.8. The molecular weight excluding hydrogens is 220 g/mol. The molecule has 1 saturated carbocycles. The molecule has 1 fully saturated rings. The normalized spacial score (nSPS) is 16.9. The maximum absolute atomic E-state index is 11.5. The predicted molar refractivity (Wildman–Crippen MR) is 64.7 cm³/mol. The fraction of sp³-hybridized carbons (Fsp3) is 0.833. The van der Waals surface area contributed by atoms with Gasteiger partial charge in [-0.25, -0.2) is 4.79 Å². The van der Waals surface area contributed by atoms with E-state index in [0.29, 0.717) is 12.5 Å². The molecule has 0 heterocycles. The van der Waals surface area contributed by atoms with Crippen LogP contribution in [0, 0.1) is 5.92 Å². The number of carboxylic acids is 1. The molecule has 0 bridgehead atoms. The van der Waals surface area contributed by atoms with Crippen LogP contribution < -0.4 is 10.6 Å². The second-order valence-electron chi connectivity index (χ2n) is 4.93. The summed E-state index contributed by atoms with van der Waals surface area (Å²) in [5, 5.41) is 14.8. The molecule has 0 aromatic rings. The van der Waals surface area contributed by atoms with Crippen molar-refractivity contribution in [3.05, 3.63) is 0 Å². The molecule has 1 atom stereocenters. The zero-order valence-electron chi connectivity index (χ0n) is 10.5. The Morgan fingerprint density at radius 1 is 1.35 bits per heavy atom. The topological polar surface area (TPSA) is 78.4 Å². The number of hydrogen-bond acceptors (Lipinski definition) is 3. The van der Waals surface area contributed by atoms with Crippen LogP contribution in [0.3, 0.4) is 0 Å².